The standard InChI is InChI=1S/C19H16BrN5O2S/c1-24(2)13-22-28(26,27)16-10-8-15(9-11-16)25-19(14-6-4-3-5-7-14)18(20)17(12-21)23-25/h3-11,13H,1-2H3/b22-13-. The smallest absolute Gasteiger partial charge is 0.283 e. The van der Waals surface area contributed by atoms with Gasteiger partial charge >= 0.3 is 0 Å². The fourth-order valence-corrected chi connectivity index (χ4v) is 3.96. The van der Waals surface area contributed by atoms with Gasteiger partial charge in [0.15, 0.2) is 5.69 Å². The molecule has 0 saturated carbocycles. The van der Waals surface area contributed by atoms with Crippen molar-refractivity contribution in [1.29, 1.82) is 5.26 Å². The molecule has 7 nitrogen and oxygen atoms in total. The minimum absolute atomic E-state index is 0.0716. The number of halogens is 1. The second-order valence-electron chi connectivity index (χ2n) is 6.05. The van der Waals surface area contributed by atoms with Crippen molar-refractivity contribution < 1.29 is 8.42 Å². The van der Waals surface area contributed by atoms with E-state index >= 15 is 0 Å². The molecule has 3 rings (SSSR count). The molecule has 1 aromatic heterocycles. The summed E-state index contributed by atoms with van der Waals surface area (Å²) in [6, 6.07) is 17.8. The third kappa shape index (κ3) is 3.98. The average Bonchev–Trinajstić information content (AvgIpc) is 3.03. The summed E-state index contributed by atoms with van der Waals surface area (Å²) in [6.07, 6.45) is 1.24. The molecule has 0 spiro atoms. The molecule has 0 saturated heterocycles. The summed E-state index contributed by atoms with van der Waals surface area (Å²) in [5, 5.41) is 13.7. The van der Waals surface area contributed by atoms with Crippen molar-refractivity contribution in [2.75, 3.05) is 14.1 Å². The topological polar surface area (TPSA) is 91.3 Å². The van der Waals surface area contributed by atoms with Gasteiger partial charge in [-0.3, -0.25) is 0 Å². The maximum atomic E-state index is 12.3. The van der Waals surface area contributed by atoms with Crippen LogP contribution in [0.4, 0.5) is 0 Å². The molecule has 28 heavy (non-hydrogen) atoms. The summed E-state index contributed by atoms with van der Waals surface area (Å²) in [5.41, 5.74) is 2.44. The van der Waals surface area contributed by atoms with E-state index in [1.807, 2.05) is 30.3 Å². The SMILES string of the molecule is CN(C)/C=N\S(=O)(=O)c1ccc(-n2nc(C#N)c(Br)c2-c2ccccc2)cc1. The fraction of sp³-hybridized carbons (Fsp3) is 0.105. The van der Waals surface area contributed by atoms with E-state index in [4.69, 9.17) is 0 Å². The normalized spacial score (nSPS) is 11.5. The van der Waals surface area contributed by atoms with E-state index in [-0.39, 0.29) is 10.6 Å². The third-order valence-electron chi connectivity index (χ3n) is 3.78. The van der Waals surface area contributed by atoms with Gasteiger partial charge in [0.05, 0.1) is 20.7 Å². The first-order chi connectivity index (χ1) is 13.3. The lowest BCUT2D eigenvalue weighted by molar-refractivity contribution is 0.594. The lowest BCUT2D eigenvalue weighted by atomic mass is 10.1. The van der Waals surface area contributed by atoms with Gasteiger partial charge in [0.25, 0.3) is 10.0 Å². The first-order valence-electron chi connectivity index (χ1n) is 8.15. The molecular formula is C19H16BrN5O2S. The van der Waals surface area contributed by atoms with E-state index in [9.17, 15) is 13.7 Å². The van der Waals surface area contributed by atoms with Gasteiger partial charge < -0.3 is 4.90 Å². The Morgan fingerprint density at radius 1 is 1.14 bits per heavy atom. The lowest BCUT2D eigenvalue weighted by Gasteiger charge is -2.09. The van der Waals surface area contributed by atoms with E-state index in [2.05, 4.69) is 31.5 Å². The van der Waals surface area contributed by atoms with Crippen LogP contribution in [0.25, 0.3) is 16.9 Å². The summed E-state index contributed by atoms with van der Waals surface area (Å²) < 4.78 is 30.4. The molecule has 2 aromatic carbocycles. The Morgan fingerprint density at radius 3 is 2.36 bits per heavy atom. The molecule has 0 amide bonds. The van der Waals surface area contributed by atoms with Crippen molar-refractivity contribution >= 4 is 32.3 Å². The van der Waals surface area contributed by atoms with Crippen LogP contribution < -0.4 is 0 Å². The minimum atomic E-state index is -3.79. The number of nitriles is 1. The largest absolute Gasteiger partial charge is 0.368 e. The minimum Gasteiger partial charge on any atom is -0.368 e. The molecule has 0 fully saturated rings. The van der Waals surface area contributed by atoms with Crippen LogP contribution >= 0.6 is 15.9 Å². The quantitative estimate of drug-likeness (QED) is 0.432. The zero-order valence-electron chi connectivity index (χ0n) is 15.1. The van der Waals surface area contributed by atoms with E-state index < -0.39 is 10.0 Å². The van der Waals surface area contributed by atoms with Crippen LogP contribution in [0.2, 0.25) is 0 Å². The molecule has 0 aliphatic carbocycles. The van der Waals surface area contributed by atoms with Crippen molar-refractivity contribution in [1.82, 2.24) is 14.7 Å². The molecule has 0 N–H and O–H groups in total. The summed E-state index contributed by atoms with van der Waals surface area (Å²) in [5.74, 6) is 0. The number of hydrogen-bond donors (Lipinski definition) is 0. The predicted molar refractivity (Wildman–Crippen MR) is 111 cm³/mol. The highest BCUT2D eigenvalue weighted by Crippen LogP contribution is 2.33. The summed E-state index contributed by atoms with van der Waals surface area (Å²) >= 11 is 3.45. The highest BCUT2D eigenvalue weighted by atomic mass is 79.9. The average molecular weight is 458 g/mol. The van der Waals surface area contributed by atoms with Gasteiger partial charge in [-0.25, -0.2) is 4.68 Å². The number of rotatable bonds is 5. The Labute approximate surface area is 171 Å². The number of sulfonamides is 1. The van der Waals surface area contributed by atoms with Crippen LogP contribution in [-0.4, -0.2) is 43.5 Å². The van der Waals surface area contributed by atoms with Crippen LogP contribution in [0.1, 0.15) is 5.69 Å². The van der Waals surface area contributed by atoms with Crippen LogP contribution in [0.5, 0.6) is 0 Å². The second-order valence-corrected chi connectivity index (χ2v) is 8.48. The second kappa shape index (κ2) is 7.96. The van der Waals surface area contributed by atoms with Gasteiger partial charge in [-0.15, -0.1) is 4.40 Å². The maximum Gasteiger partial charge on any atom is 0.283 e. The number of nitrogens with zero attached hydrogens (tertiary/aromatic N) is 5. The fourth-order valence-electron chi connectivity index (χ4n) is 2.48. The third-order valence-corrected chi connectivity index (χ3v) is 5.77. The zero-order valence-corrected chi connectivity index (χ0v) is 17.5. The summed E-state index contributed by atoms with van der Waals surface area (Å²) in [6.45, 7) is 0. The molecule has 0 atom stereocenters. The number of benzene rings is 2. The summed E-state index contributed by atoms with van der Waals surface area (Å²) in [7, 11) is -0.408. The van der Waals surface area contributed by atoms with Gasteiger partial charge in [-0.1, -0.05) is 30.3 Å². The molecule has 0 aliphatic rings. The monoisotopic (exact) mass is 457 g/mol. The number of hydrogen-bond acceptors (Lipinski definition) is 4. The summed E-state index contributed by atoms with van der Waals surface area (Å²) in [4.78, 5) is 1.62. The van der Waals surface area contributed by atoms with Gasteiger partial charge in [0.2, 0.25) is 0 Å². The first-order valence-corrected chi connectivity index (χ1v) is 10.4. The van der Waals surface area contributed by atoms with Gasteiger partial charge in [-0.05, 0) is 40.2 Å². The first kappa shape index (κ1) is 19.8. The van der Waals surface area contributed by atoms with E-state index in [0.717, 1.165) is 5.56 Å². The molecule has 0 radical (unpaired) electrons. The van der Waals surface area contributed by atoms with Crippen LogP contribution in [0, 0.1) is 11.3 Å². The Morgan fingerprint density at radius 2 is 1.79 bits per heavy atom. The predicted octanol–water partition coefficient (Wildman–Crippen LogP) is 3.45. The van der Waals surface area contributed by atoms with Crippen molar-refractivity contribution in [2.24, 2.45) is 4.40 Å². The zero-order chi connectivity index (χ0) is 20.3. The van der Waals surface area contributed by atoms with Crippen molar-refractivity contribution in [3.63, 3.8) is 0 Å². The molecule has 9 heteroatoms. The maximum absolute atomic E-state index is 12.3. The van der Waals surface area contributed by atoms with Crippen LogP contribution in [0.3, 0.4) is 0 Å². The molecule has 1 heterocycles. The Bertz CT molecular complexity index is 1160. The van der Waals surface area contributed by atoms with Crippen molar-refractivity contribution in [3.8, 4) is 23.0 Å². The van der Waals surface area contributed by atoms with E-state index in [1.165, 1.54) is 18.5 Å². The highest BCUT2D eigenvalue weighted by molar-refractivity contribution is 9.10. The Kier molecular flexibility index (Phi) is 5.63. The van der Waals surface area contributed by atoms with Crippen LogP contribution in [-0.2, 0) is 10.0 Å². The van der Waals surface area contributed by atoms with Crippen LogP contribution in [0.15, 0.2) is 68.4 Å². The Balaban J connectivity index is 2.07. The molecule has 3 aromatic rings. The molecular weight excluding hydrogens is 442 g/mol. The lowest BCUT2D eigenvalue weighted by Crippen LogP contribution is -2.10. The van der Waals surface area contributed by atoms with E-state index in [1.54, 1.807) is 35.8 Å². The van der Waals surface area contributed by atoms with Gasteiger partial charge in [0.1, 0.15) is 12.4 Å². The van der Waals surface area contributed by atoms with Gasteiger partial charge in [-0.2, -0.15) is 18.8 Å². The highest BCUT2D eigenvalue weighted by Gasteiger charge is 2.19. The Hall–Kier alpha value is -2.96. The molecule has 0 bridgehead atoms. The van der Waals surface area contributed by atoms with Gasteiger partial charge in [0, 0.05) is 19.7 Å². The number of aromatic nitrogens is 2. The van der Waals surface area contributed by atoms with Crippen molar-refractivity contribution in [2.45, 2.75) is 4.90 Å². The molecule has 0 aliphatic heterocycles. The molecule has 142 valence electrons. The van der Waals surface area contributed by atoms with Crippen molar-refractivity contribution in [3.05, 3.63) is 64.8 Å². The molecule has 0 unspecified atom stereocenters. The van der Waals surface area contributed by atoms with E-state index in [0.29, 0.717) is 15.9 Å².